The zero-order valence-electron chi connectivity index (χ0n) is 10.9. The molecule has 1 N–H and O–H groups in total. The molecule has 3 heterocycles. The fourth-order valence-corrected chi connectivity index (χ4v) is 2.46. The van der Waals surface area contributed by atoms with Crippen LogP contribution >= 0.6 is 0 Å². The smallest absolute Gasteiger partial charge is 0.249 e. The molecule has 0 saturated carbocycles. The molecule has 0 saturated heterocycles. The molecule has 1 aliphatic heterocycles. The van der Waals surface area contributed by atoms with Gasteiger partial charge in [0.05, 0.1) is 0 Å². The van der Waals surface area contributed by atoms with Crippen LogP contribution in [0, 0.1) is 0 Å². The maximum atomic E-state index is 5.37. The van der Waals surface area contributed by atoms with Crippen LogP contribution in [-0.4, -0.2) is 19.9 Å². The summed E-state index contributed by atoms with van der Waals surface area (Å²) in [5, 5.41) is 11.7. The Balaban J connectivity index is 1.61. The molecule has 3 aromatic rings. The third-order valence-electron chi connectivity index (χ3n) is 3.45. The Morgan fingerprint density at radius 3 is 3.00 bits per heavy atom. The van der Waals surface area contributed by atoms with Crippen molar-refractivity contribution in [3.63, 3.8) is 0 Å². The first-order valence-electron chi connectivity index (χ1n) is 6.48. The summed E-state index contributed by atoms with van der Waals surface area (Å²) in [4.78, 5) is 4.44. The minimum absolute atomic E-state index is 0.0392. The number of aryl methyl sites for hydroxylation is 1. The molecule has 6 heteroatoms. The van der Waals surface area contributed by atoms with Crippen LogP contribution in [0.5, 0.6) is 0 Å². The predicted molar refractivity (Wildman–Crippen MR) is 73.0 cm³/mol. The fraction of sp³-hybridized carbons (Fsp3) is 0.214. The molecule has 0 radical (unpaired) electrons. The Hall–Kier alpha value is -2.63. The Labute approximate surface area is 115 Å². The van der Waals surface area contributed by atoms with Gasteiger partial charge in [-0.1, -0.05) is 23.4 Å². The predicted octanol–water partition coefficient (Wildman–Crippen LogP) is 2.18. The second kappa shape index (κ2) is 4.19. The maximum absolute atomic E-state index is 5.37. The van der Waals surface area contributed by atoms with Crippen molar-refractivity contribution < 1.29 is 4.52 Å². The summed E-state index contributed by atoms with van der Waals surface area (Å²) in [5.41, 5.74) is 3.13. The van der Waals surface area contributed by atoms with Crippen LogP contribution in [0.3, 0.4) is 0 Å². The van der Waals surface area contributed by atoms with Crippen molar-refractivity contribution in [3.8, 4) is 11.5 Å². The minimum atomic E-state index is 0.0392. The highest BCUT2D eigenvalue weighted by molar-refractivity contribution is 5.57. The number of aromatic nitrogens is 4. The van der Waals surface area contributed by atoms with Crippen LogP contribution in [0.1, 0.15) is 17.5 Å². The highest BCUT2D eigenvalue weighted by Crippen LogP contribution is 2.33. The zero-order valence-corrected chi connectivity index (χ0v) is 10.9. The molecule has 2 aromatic heterocycles. The number of para-hydroxylation sites is 1. The number of rotatable bonds is 2. The van der Waals surface area contributed by atoms with Gasteiger partial charge < -0.3 is 9.84 Å². The van der Waals surface area contributed by atoms with Crippen molar-refractivity contribution in [1.29, 1.82) is 0 Å². The fourth-order valence-electron chi connectivity index (χ4n) is 2.46. The Bertz CT molecular complexity index is 735. The summed E-state index contributed by atoms with van der Waals surface area (Å²) in [7, 11) is 1.86. The summed E-state index contributed by atoms with van der Waals surface area (Å²) < 4.78 is 7.09. The summed E-state index contributed by atoms with van der Waals surface area (Å²) in [6, 6.07) is 10.1. The van der Waals surface area contributed by atoms with Gasteiger partial charge in [0, 0.05) is 25.4 Å². The molecule has 0 spiro atoms. The molecule has 1 aliphatic rings. The van der Waals surface area contributed by atoms with Gasteiger partial charge in [0.2, 0.25) is 11.7 Å². The van der Waals surface area contributed by atoms with Crippen LogP contribution in [0.25, 0.3) is 11.5 Å². The van der Waals surface area contributed by atoms with Crippen LogP contribution in [-0.2, 0) is 13.5 Å². The van der Waals surface area contributed by atoms with E-state index >= 15 is 0 Å². The van der Waals surface area contributed by atoms with E-state index in [9.17, 15) is 0 Å². The van der Waals surface area contributed by atoms with Crippen molar-refractivity contribution >= 4 is 5.69 Å². The highest BCUT2D eigenvalue weighted by atomic mass is 16.5. The normalized spacial score (nSPS) is 16.9. The van der Waals surface area contributed by atoms with Crippen LogP contribution in [0.15, 0.2) is 41.1 Å². The van der Waals surface area contributed by atoms with Gasteiger partial charge in [0.1, 0.15) is 11.7 Å². The van der Waals surface area contributed by atoms with E-state index in [0.717, 1.165) is 17.8 Å². The molecule has 100 valence electrons. The van der Waals surface area contributed by atoms with Crippen molar-refractivity contribution in [3.05, 3.63) is 48.0 Å². The van der Waals surface area contributed by atoms with Gasteiger partial charge in [-0.2, -0.15) is 10.1 Å². The van der Waals surface area contributed by atoms with Gasteiger partial charge in [0.15, 0.2) is 0 Å². The van der Waals surface area contributed by atoms with Crippen molar-refractivity contribution in [2.24, 2.45) is 7.05 Å². The SMILES string of the molecule is Cn1ccc(-c2noc([C@@H]3Cc4ccccc4N3)n2)n1. The molecule has 0 bridgehead atoms. The van der Waals surface area contributed by atoms with Gasteiger partial charge in [-0.15, -0.1) is 0 Å². The summed E-state index contributed by atoms with van der Waals surface area (Å²) in [5.74, 6) is 1.13. The summed E-state index contributed by atoms with van der Waals surface area (Å²) >= 11 is 0. The molecular weight excluding hydrogens is 254 g/mol. The van der Waals surface area contributed by atoms with E-state index in [2.05, 4.69) is 32.7 Å². The zero-order chi connectivity index (χ0) is 13.5. The van der Waals surface area contributed by atoms with Crippen LogP contribution in [0.4, 0.5) is 5.69 Å². The number of nitrogens with zero attached hydrogens (tertiary/aromatic N) is 4. The quantitative estimate of drug-likeness (QED) is 0.770. The monoisotopic (exact) mass is 267 g/mol. The van der Waals surface area contributed by atoms with Gasteiger partial charge in [0.25, 0.3) is 0 Å². The number of hydrogen-bond donors (Lipinski definition) is 1. The lowest BCUT2D eigenvalue weighted by Crippen LogP contribution is -2.05. The van der Waals surface area contributed by atoms with Gasteiger partial charge in [-0.3, -0.25) is 4.68 Å². The van der Waals surface area contributed by atoms with E-state index in [1.54, 1.807) is 4.68 Å². The number of hydrogen-bond acceptors (Lipinski definition) is 5. The molecule has 4 rings (SSSR count). The van der Waals surface area contributed by atoms with E-state index in [-0.39, 0.29) is 6.04 Å². The second-order valence-electron chi connectivity index (χ2n) is 4.89. The van der Waals surface area contributed by atoms with Crippen LogP contribution < -0.4 is 5.32 Å². The lowest BCUT2D eigenvalue weighted by atomic mass is 10.1. The number of benzene rings is 1. The van der Waals surface area contributed by atoms with Crippen molar-refractivity contribution in [2.45, 2.75) is 12.5 Å². The van der Waals surface area contributed by atoms with E-state index in [0.29, 0.717) is 11.7 Å². The third-order valence-corrected chi connectivity index (χ3v) is 3.45. The first-order chi connectivity index (χ1) is 9.79. The largest absolute Gasteiger partial charge is 0.373 e. The Morgan fingerprint density at radius 2 is 2.20 bits per heavy atom. The molecule has 0 aliphatic carbocycles. The number of fused-ring (bicyclic) bond motifs is 1. The van der Waals surface area contributed by atoms with E-state index in [1.165, 1.54) is 5.56 Å². The topological polar surface area (TPSA) is 68.8 Å². The van der Waals surface area contributed by atoms with E-state index in [4.69, 9.17) is 4.52 Å². The molecular formula is C14H13N5O. The molecule has 1 aromatic carbocycles. The van der Waals surface area contributed by atoms with Gasteiger partial charge in [-0.25, -0.2) is 0 Å². The van der Waals surface area contributed by atoms with Gasteiger partial charge in [-0.05, 0) is 17.7 Å². The molecule has 1 atom stereocenters. The van der Waals surface area contributed by atoms with Crippen molar-refractivity contribution in [1.82, 2.24) is 19.9 Å². The maximum Gasteiger partial charge on any atom is 0.249 e. The number of anilines is 1. The lowest BCUT2D eigenvalue weighted by molar-refractivity contribution is 0.364. The number of nitrogens with one attached hydrogen (secondary N) is 1. The van der Waals surface area contributed by atoms with E-state index in [1.807, 2.05) is 31.4 Å². The lowest BCUT2D eigenvalue weighted by Gasteiger charge is -2.04. The average Bonchev–Trinajstić information content (AvgIpc) is 3.16. The highest BCUT2D eigenvalue weighted by Gasteiger charge is 2.26. The second-order valence-corrected chi connectivity index (χ2v) is 4.89. The standard InChI is InChI=1S/C14H13N5O/c1-19-7-6-11(17-19)13-16-14(20-18-13)12-8-9-4-2-3-5-10(9)15-12/h2-7,12,15H,8H2,1H3/t12-/m0/s1. The Morgan fingerprint density at radius 1 is 1.30 bits per heavy atom. The first kappa shape index (κ1) is 11.2. The van der Waals surface area contributed by atoms with E-state index < -0.39 is 0 Å². The molecule has 0 unspecified atom stereocenters. The third kappa shape index (κ3) is 1.77. The molecule has 6 nitrogen and oxygen atoms in total. The molecule has 0 fully saturated rings. The summed E-state index contributed by atoms with van der Waals surface area (Å²) in [6.45, 7) is 0. The molecule has 20 heavy (non-hydrogen) atoms. The summed E-state index contributed by atoms with van der Waals surface area (Å²) in [6.07, 6.45) is 2.72. The average molecular weight is 267 g/mol. The van der Waals surface area contributed by atoms with Crippen molar-refractivity contribution in [2.75, 3.05) is 5.32 Å². The first-order valence-corrected chi connectivity index (χ1v) is 6.48. The molecule has 0 amide bonds. The Kier molecular flexibility index (Phi) is 2.35. The minimum Gasteiger partial charge on any atom is -0.373 e. The van der Waals surface area contributed by atoms with Gasteiger partial charge >= 0.3 is 0 Å². The van der Waals surface area contributed by atoms with Crippen LogP contribution in [0.2, 0.25) is 0 Å².